The van der Waals surface area contributed by atoms with E-state index in [1.54, 1.807) is 58.8 Å². The molecule has 0 N–H and O–H groups in total. The fourth-order valence-corrected chi connectivity index (χ4v) is 16.4. The number of hydrogen-bond donors (Lipinski definition) is 0. The Hall–Kier alpha value is -6.53. The summed E-state index contributed by atoms with van der Waals surface area (Å²) in [7, 11) is -0.0229. The van der Waals surface area contributed by atoms with Crippen molar-refractivity contribution in [1.82, 2.24) is 0 Å². The molecule has 0 spiro atoms. The van der Waals surface area contributed by atoms with Crippen molar-refractivity contribution in [2.45, 2.75) is 91.3 Å². The van der Waals surface area contributed by atoms with Gasteiger partial charge in [-0.25, -0.2) is 0 Å². The third kappa shape index (κ3) is 20.9. The molecule has 7 heteroatoms. The Balaban J connectivity index is 0.000000137. The van der Waals surface area contributed by atoms with Crippen LogP contribution in [0.15, 0.2) is 385 Å². The molecule has 0 amide bonds. The molecule has 83 heavy (non-hydrogen) atoms. The molecule has 0 saturated carbocycles. The van der Waals surface area contributed by atoms with E-state index in [1.807, 2.05) is 12.1 Å². The van der Waals surface area contributed by atoms with Crippen LogP contribution in [0.4, 0.5) is 0 Å². The van der Waals surface area contributed by atoms with Gasteiger partial charge in [0.1, 0.15) is 0 Å². The maximum atomic E-state index is 2.25. The van der Waals surface area contributed by atoms with E-state index < -0.39 is 0 Å². The van der Waals surface area contributed by atoms with Crippen molar-refractivity contribution in [3.8, 4) is 0 Å². The molecule has 0 atom stereocenters. The van der Waals surface area contributed by atoms with Crippen LogP contribution in [-0.2, 0) is 10.9 Å². The highest BCUT2D eigenvalue weighted by Gasteiger charge is 2.28. The van der Waals surface area contributed by atoms with E-state index in [0.29, 0.717) is 0 Å². The summed E-state index contributed by atoms with van der Waals surface area (Å²) in [6.45, 7) is 8.50. The van der Waals surface area contributed by atoms with Gasteiger partial charge in [-0.3, -0.25) is 0 Å². The Bertz CT molecular complexity index is 3550. The lowest BCUT2D eigenvalue weighted by Gasteiger charge is -2.07. The highest BCUT2D eigenvalue weighted by Crippen LogP contribution is 2.36. The lowest BCUT2D eigenvalue weighted by molar-refractivity contribution is -0.597. The van der Waals surface area contributed by atoms with Crippen molar-refractivity contribution in [2.24, 2.45) is 0 Å². The van der Waals surface area contributed by atoms with E-state index in [4.69, 9.17) is 0 Å². The molecular formula is C76H65IS6+2. The second-order valence-electron chi connectivity index (χ2n) is 19.1. The first-order chi connectivity index (χ1) is 40.7. The summed E-state index contributed by atoms with van der Waals surface area (Å²) in [6, 6.07) is 115. The normalized spacial score (nSPS) is 10.6. The second-order valence-corrected chi connectivity index (χ2v) is 29.9. The van der Waals surface area contributed by atoms with Gasteiger partial charge in [0, 0.05) is 49.0 Å². The van der Waals surface area contributed by atoms with Crippen LogP contribution in [0, 0.1) is 34.8 Å². The maximum Gasteiger partial charge on any atom is 0.357 e. The first kappa shape index (κ1) is 61.0. The Kier molecular flexibility index (Phi) is 24.3. The minimum absolute atomic E-state index is 0.0159. The van der Waals surface area contributed by atoms with Crippen molar-refractivity contribution in [3.63, 3.8) is 0 Å². The number of halogens is 1. The Morgan fingerprint density at radius 3 is 0.675 bits per heavy atom. The van der Waals surface area contributed by atoms with E-state index in [2.05, 4.69) is 337 Å². The van der Waals surface area contributed by atoms with Crippen molar-refractivity contribution < 1.29 is 21.2 Å². The zero-order chi connectivity index (χ0) is 57.3. The average molecular weight is 1300 g/mol. The van der Waals surface area contributed by atoms with Crippen molar-refractivity contribution in [2.75, 3.05) is 0 Å². The van der Waals surface area contributed by atoms with Crippen molar-refractivity contribution >= 4 is 69.7 Å². The monoisotopic (exact) mass is 1300 g/mol. The van der Waals surface area contributed by atoms with Gasteiger partial charge in [-0.2, -0.15) is 0 Å². The van der Waals surface area contributed by atoms with Gasteiger partial charge in [0.2, 0.25) is 0 Å². The lowest BCUT2D eigenvalue weighted by Crippen LogP contribution is -3.61. The molecule has 0 nitrogen and oxygen atoms in total. The molecule has 12 aromatic carbocycles. The zero-order valence-electron chi connectivity index (χ0n) is 46.9. The number of hydrogen-bond acceptors (Lipinski definition) is 5. The molecule has 0 bridgehead atoms. The van der Waals surface area contributed by atoms with E-state index in [-0.39, 0.29) is 32.1 Å². The molecule has 0 aliphatic heterocycles. The molecule has 12 aromatic rings. The van der Waals surface area contributed by atoms with Crippen LogP contribution in [0.25, 0.3) is 0 Å². The zero-order valence-corrected chi connectivity index (χ0v) is 54.0. The Labute approximate surface area is 528 Å². The van der Waals surface area contributed by atoms with Crippen molar-refractivity contribution in [3.05, 3.63) is 351 Å². The fraction of sp³-hybridized carbons (Fsp3) is 0.0526. The third-order valence-electron chi connectivity index (χ3n) is 12.4. The SMILES string of the molecule is Cc1ccc(Sc2ccc(Sc3ccc(Sc4ccc(C)cc4)cc3)cc2)cc1.Cc1ccc([I+]c2ccccc2)cc1.Cc1ccc([S+](c2ccccc2)c2ccccc2)cc1.c1ccc(Sc2ccc(Sc3ccccc3)cc2)cc1. The molecule has 0 aliphatic rings. The first-order valence-corrected chi connectivity index (χ1v) is 34.8. The van der Waals surface area contributed by atoms with E-state index in [9.17, 15) is 0 Å². The van der Waals surface area contributed by atoms with Crippen molar-refractivity contribution in [1.29, 1.82) is 0 Å². The number of aryl methyl sites for hydroxylation is 4. The van der Waals surface area contributed by atoms with Gasteiger partial charge in [-0.15, -0.1) is 0 Å². The second kappa shape index (κ2) is 33.1. The van der Waals surface area contributed by atoms with Gasteiger partial charge < -0.3 is 0 Å². The predicted molar refractivity (Wildman–Crippen MR) is 356 cm³/mol. The largest absolute Gasteiger partial charge is 0.357 e. The van der Waals surface area contributed by atoms with Gasteiger partial charge in [0.25, 0.3) is 0 Å². The van der Waals surface area contributed by atoms with Gasteiger partial charge in [0.05, 0.1) is 10.9 Å². The standard InChI is InChI=1S/C26H22S3.C19H17S.C18H14S2.C13H12I/c1-19-3-7-21(8-4-19)27-23-11-15-25(16-12-23)29-26-17-13-24(14-18-26)28-22-9-5-20(2)6-10-22;1-16-12-14-19(15-13-16)20(17-8-4-2-5-9-17)18-10-6-3-7-11-18;1-3-7-15(8-4-1)19-17-11-13-18(14-12-17)20-16-9-5-2-6-10-16;1-11-7-9-13(10-8-11)14-12-5-3-2-4-6-12/h3-18H,1-2H3;2-15H,1H3;1-14H;2-10H,1H3/q;+1;;+1. The molecular weight excluding hydrogens is 1230 g/mol. The lowest BCUT2D eigenvalue weighted by atomic mass is 10.2. The average Bonchev–Trinajstić information content (AvgIpc) is 3.62. The molecule has 12 rings (SSSR count). The summed E-state index contributed by atoms with van der Waals surface area (Å²) >= 11 is 9.01. The van der Waals surface area contributed by atoms with Crippen LogP contribution in [0.1, 0.15) is 22.3 Å². The number of rotatable bonds is 15. The van der Waals surface area contributed by atoms with Crippen LogP contribution in [0.3, 0.4) is 0 Å². The van der Waals surface area contributed by atoms with E-state index in [1.165, 1.54) is 93.0 Å². The van der Waals surface area contributed by atoms with E-state index >= 15 is 0 Å². The predicted octanol–water partition coefficient (Wildman–Crippen LogP) is 20.0. The Morgan fingerprint density at radius 2 is 0.386 bits per heavy atom. The van der Waals surface area contributed by atoms with Crippen LogP contribution >= 0.6 is 58.8 Å². The molecule has 0 fully saturated rings. The van der Waals surface area contributed by atoms with E-state index in [0.717, 1.165) is 0 Å². The summed E-state index contributed by atoms with van der Waals surface area (Å²) in [4.78, 5) is 16.8. The smallest absolute Gasteiger partial charge is 0.0901 e. The summed E-state index contributed by atoms with van der Waals surface area (Å²) in [6.07, 6.45) is 0. The molecule has 0 aliphatic carbocycles. The van der Waals surface area contributed by atoms with Crippen LogP contribution in [0.5, 0.6) is 0 Å². The number of benzene rings is 12. The molecule has 0 saturated heterocycles. The van der Waals surface area contributed by atoms with Gasteiger partial charge in [-0.1, -0.05) is 221 Å². The summed E-state index contributed by atoms with van der Waals surface area (Å²) < 4.78 is 2.97. The highest BCUT2D eigenvalue weighted by atomic mass is 127. The maximum absolute atomic E-state index is 2.25. The van der Waals surface area contributed by atoms with Crippen LogP contribution in [-0.4, -0.2) is 0 Å². The fourth-order valence-electron chi connectivity index (χ4n) is 7.99. The molecule has 410 valence electrons. The summed E-state index contributed by atoms with van der Waals surface area (Å²) in [5.41, 5.74) is 5.23. The molecule has 0 aromatic heterocycles. The van der Waals surface area contributed by atoms with Gasteiger partial charge >= 0.3 is 21.2 Å². The van der Waals surface area contributed by atoms with Gasteiger partial charge in [-0.05, 0) is 210 Å². The third-order valence-corrected chi connectivity index (χ3v) is 22.3. The highest BCUT2D eigenvalue weighted by molar-refractivity contribution is 8.00. The topological polar surface area (TPSA) is 0 Å². The van der Waals surface area contributed by atoms with Gasteiger partial charge in [0.15, 0.2) is 21.8 Å². The first-order valence-electron chi connectivity index (χ1n) is 27.3. The molecule has 0 unspecified atom stereocenters. The quantitative estimate of drug-likeness (QED) is 0.0739. The minimum Gasteiger partial charge on any atom is -0.0901 e. The minimum atomic E-state index is -0.0229. The van der Waals surface area contributed by atoms with Crippen LogP contribution in [0.2, 0.25) is 0 Å². The molecule has 0 radical (unpaired) electrons. The Morgan fingerprint density at radius 1 is 0.193 bits per heavy atom. The summed E-state index contributed by atoms with van der Waals surface area (Å²) in [5.74, 6) is 0. The van der Waals surface area contributed by atoms with Crippen LogP contribution < -0.4 is 21.2 Å². The summed E-state index contributed by atoms with van der Waals surface area (Å²) in [5, 5.41) is 0. The molecule has 0 heterocycles.